The smallest absolute Gasteiger partial charge is 0.337 e. The van der Waals surface area contributed by atoms with Crippen LogP contribution in [0.1, 0.15) is 66.1 Å². The number of carbonyl (C=O) groups is 1. The minimum Gasteiger partial charge on any atom is -0.496 e. The Morgan fingerprint density at radius 1 is 1.21 bits per heavy atom. The fraction of sp³-hybridized carbons (Fsp3) is 0.440. The Morgan fingerprint density at radius 3 is 2.65 bits per heavy atom. The number of aliphatic hydroxyl groups is 1. The molecule has 2 atom stereocenters. The number of ether oxygens (including phenoxy) is 2. The molecule has 0 amide bonds. The second-order valence-corrected chi connectivity index (χ2v) is 8.58. The highest BCUT2D eigenvalue weighted by Gasteiger charge is 2.29. The lowest BCUT2D eigenvalue weighted by molar-refractivity contribution is -0.0965. The summed E-state index contributed by atoms with van der Waals surface area (Å²) in [5.74, 6) is -1.07. The first-order valence-electron chi connectivity index (χ1n) is 11.4. The van der Waals surface area contributed by atoms with E-state index in [1.54, 1.807) is 23.0 Å². The van der Waals surface area contributed by atoms with Gasteiger partial charge in [-0.15, -0.1) is 0 Å². The average molecular weight is 475 g/mol. The molecule has 0 bridgehead atoms. The van der Waals surface area contributed by atoms with Gasteiger partial charge in [0.2, 0.25) is 0 Å². The molecule has 4 rings (SSSR count). The molecule has 0 saturated heterocycles. The predicted molar refractivity (Wildman–Crippen MR) is 121 cm³/mol. The van der Waals surface area contributed by atoms with Gasteiger partial charge in [0, 0.05) is 11.6 Å². The number of hydrogen-bond acceptors (Lipinski definition) is 5. The van der Waals surface area contributed by atoms with Gasteiger partial charge in [-0.2, -0.15) is 5.10 Å². The molecule has 3 aromatic rings. The summed E-state index contributed by atoms with van der Waals surface area (Å²) in [6.07, 6.45) is 2.10. The number of rotatable bonds is 9. The van der Waals surface area contributed by atoms with Crippen LogP contribution in [0.5, 0.6) is 5.75 Å². The molecular weight excluding hydrogens is 446 g/mol. The topological polar surface area (TPSA) is 93.8 Å². The fourth-order valence-electron chi connectivity index (χ4n) is 4.52. The summed E-state index contributed by atoms with van der Waals surface area (Å²) in [7, 11) is 1.31. The summed E-state index contributed by atoms with van der Waals surface area (Å²) in [5.41, 5.74) is 0.588. The van der Waals surface area contributed by atoms with Crippen molar-refractivity contribution in [1.82, 2.24) is 9.78 Å². The maximum atomic E-state index is 13.3. The number of hydrogen-bond donors (Lipinski definition) is 2. The van der Waals surface area contributed by atoms with Crippen LogP contribution in [0.15, 0.2) is 42.6 Å². The quantitative estimate of drug-likeness (QED) is 0.447. The number of methoxy groups -OCH3 is 1. The lowest BCUT2D eigenvalue weighted by atomic mass is 9.96. The van der Waals surface area contributed by atoms with Gasteiger partial charge in [-0.25, -0.2) is 13.6 Å². The van der Waals surface area contributed by atoms with Gasteiger partial charge in [-0.1, -0.05) is 37.5 Å². The van der Waals surface area contributed by atoms with Crippen LogP contribution in [0.4, 0.5) is 8.78 Å². The summed E-state index contributed by atoms with van der Waals surface area (Å²) >= 11 is 0. The van der Waals surface area contributed by atoms with Crippen LogP contribution in [0.2, 0.25) is 0 Å². The molecule has 34 heavy (non-hydrogen) atoms. The second-order valence-electron chi connectivity index (χ2n) is 8.58. The van der Waals surface area contributed by atoms with Crippen molar-refractivity contribution in [1.29, 1.82) is 0 Å². The third-order valence-electron chi connectivity index (χ3n) is 6.29. The molecular formula is C25H28F2N2O5. The van der Waals surface area contributed by atoms with Gasteiger partial charge in [0.25, 0.3) is 6.43 Å². The summed E-state index contributed by atoms with van der Waals surface area (Å²) in [6, 6.07) is 9.02. The van der Waals surface area contributed by atoms with Crippen molar-refractivity contribution in [3.05, 3.63) is 59.3 Å². The van der Waals surface area contributed by atoms with Crippen molar-refractivity contribution >= 4 is 16.9 Å². The van der Waals surface area contributed by atoms with E-state index in [9.17, 15) is 23.8 Å². The van der Waals surface area contributed by atoms with Gasteiger partial charge in [0.1, 0.15) is 23.5 Å². The zero-order chi connectivity index (χ0) is 24.2. The number of benzene rings is 2. The van der Waals surface area contributed by atoms with E-state index in [4.69, 9.17) is 9.47 Å². The molecule has 0 aliphatic heterocycles. The molecule has 2 unspecified atom stereocenters. The van der Waals surface area contributed by atoms with Gasteiger partial charge in [-0.05, 0) is 36.6 Å². The fourth-order valence-corrected chi connectivity index (χ4v) is 4.52. The number of nitrogens with zero attached hydrogens (tertiary/aromatic N) is 2. The number of fused-ring (bicyclic) bond motifs is 1. The van der Waals surface area contributed by atoms with E-state index in [1.165, 1.54) is 31.4 Å². The Bertz CT molecular complexity index is 1140. The van der Waals surface area contributed by atoms with Crippen LogP contribution in [0, 0.1) is 0 Å². The molecule has 182 valence electrons. The van der Waals surface area contributed by atoms with Crippen LogP contribution >= 0.6 is 0 Å². The summed E-state index contributed by atoms with van der Waals surface area (Å²) in [4.78, 5) is 11.6. The molecule has 0 spiro atoms. The van der Waals surface area contributed by atoms with Gasteiger partial charge in [-0.3, -0.25) is 4.68 Å². The van der Waals surface area contributed by atoms with Crippen molar-refractivity contribution in [3.8, 4) is 5.75 Å². The van der Waals surface area contributed by atoms with Crippen molar-refractivity contribution in [2.75, 3.05) is 7.11 Å². The molecule has 1 aliphatic rings. The molecule has 2 aromatic carbocycles. The van der Waals surface area contributed by atoms with Crippen LogP contribution in [0.3, 0.4) is 0 Å². The third-order valence-corrected chi connectivity index (χ3v) is 6.29. The number of carboxylic acid groups (broad SMARTS) is 1. The van der Waals surface area contributed by atoms with Crippen LogP contribution < -0.4 is 4.74 Å². The first-order valence-corrected chi connectivity index (χ1v) is 11.4. The molecule has 9 heteroatoms. The van der Waals surface area contributed by atoms with Crippen LogP contribution in [-0.4, -0.2) is 45.3 Å². The van der Waals surface area contributed by atoms with E-state index in [-0.39, 0.29) is 29.5 Å². The van der Waals surface area contributed by atoms with Crippen molar-refractivity contribution in [2.24, 2.45) is 0 Å². The number of aliphatic hydroxyl groups excluding tert-OH is 1. The van der Waals surface area contributed by atoms with Gasteiger partial charge < -0.3 is 19.7 Å². The zero-order valence-corrected chi connectivity index (χ0v) is 18.9. The van der Waals surface area contributed by atoms with Gasteiger partial charge in [0.15, 0.2) is 0 Å². The van der Waals surface area contributed by atoms with E-state index in [1.807, 2.05) is 0 Å². The third kappa shape index (κ3) is 5.20. The molecule has 0 radical (unpaired) electrons. The maximum absolute atomic E-state index is 13.3. The Hall–Kier alpha value is -3.04. The van der Waals surface area contributed by atoms with Crippen molar-refractivity contribution in [3.63, 3.8) is 0 Å². The monoisotopic (exact) mass is 474 g/mol. The van der Waals surface area contributed by atoms with Gasteiger partial charge in [0.05, 0.1) is 30.9 Å². The Morgan fingerprint density at radius 2 is 1.97 bits per heavy atom. The molecule has 1 fully saturated rings. The highest BCUT2D eigenvalue weighted by atomic mass is 19.3. The molecule has 1 aliphatic carbocycles. The predicted octanol–water partition coefficient (Wildman–Crippen LogP) is 5.13. The SMILES string of the molecule is COc1cc(C(O)C(Cn2cc3cccc(C(=O)O)c3n2)OC2CCCCC2)ccc1C(F)F. The van der Waals surface area contributed by atoms with Crippen molar-refractivity contribution in [2.45, 2.75) is 63.4 Å². The molecule has 1 heterocycles. The van der Waals surface area contributed by atoms with Crippen molar-refractivity contribution < 1.29 is 33.3 Å². The summed E-state index contributed by atoms with van der Waals surface area (Å²) in [6.45, 7) is 0.157. The van der Waals surface area contributed by atoms with E-state index in [0.29, 0.717) is 16.5 Å². The Labute approximate surface area is 195 Å². The van der Waals surface area contributed by atoms with E-state index in [2.05, 4.69) is 5.10 Å². The molecule has 1 aromatic heterocycles. The van der Waals surface area contributed by atoms with Gasteiger partial charge >= 0.3 is 5.97 Å². The highest BCUT2D eigenvalue weighted by molar-refractivity contribution is 6.01. The number of aromatic carboxylic acids is 1. The molecule has 1 saturated carbocycles. The average Bonchev–Trinajstić information content (AvgIpc) is 3.25. The summed E-state index contributed by atoms with van der Waals surface area (Å²) < 4.78 is 39.5. The first-order chi connectivity index (χ1) is 16.4. The number of aromatic nitrogens is 2. The number of halogens is 2. The van der Waals surface area contributed by atoms with E-state index < -0.39 is 24.6 Å². The summed E-state index contributed by atoms with van der Waals surface area (Å²) in [5, 5.41) is 25.8. The minimum atomic E-state index is -2.70. The number of alkyl halides is 2. The standard InChI is InChI=1S/C25H28F2N2O5/c1-33-20-12-15(10-11-18(20)24(26)27)23(30)21(34-17-7-3-2-4-8-17)14-29-13-16-6-5-9-19(25(31)32)22(16)28-29/h5-6,9-13,17,21,23-24,30H,2-4,7-8,14H2,1H3,(H,31,32). The first kappa shape index (κ1) is 24.1. The second kappa shape index (κ2) is 10.5. The lowest BCUT2D eigenvalue weighted by Gasteiger charge is -2.31. The maximum Gasteiger partial charge on any atom is 0.337 e. The highest BCUT2D eigenvalue weighted by Crippen LogP contribution is 2.34. The van der Waals surface area contributed by atoms with E-state index >= 15 is 0 Å². The van der Waals surface area contributed by atoms with Crippen LogP contribution in [-0.2, 0) is 11.3 Å². The zero-order valence-electron chi connectivity index (χ0n) is 18.9. The Balaban J connectivity index is 1.65. The lowest BCUT2D eigenvalue weighted by Crippen LogP contribution is -2.33. The van der Waals surface area contributed by atoms with Crippen LogP contribution in [0.25, 0.3) is 10.9 Å². The van der Waals surface area contributed by atoms with E-state index in [0.717, 1.165) is 32.1 Å². The molecule has 2 N–H and O–H groups in total. The normalized spacial score (nSPS) is 16.6. The Kier molecular flexibility index (Phi) is 7.43. The minimum absolute atomic E-state index is 0.00102. The largest absolute Gasteiger partial charge is 0.496 e. The number of carboxylic acids is 1. The molecule has 7 nitrogen and oxygen atoms in total.